The summed E-state index contributed by atoms with van der Waals surface area (Å²) in [5, 5.41) is 2.94. The van der Waals surface area contributed by atoms with Gasteiger partial charge in [-0.05, 0) is 30.7 Å². The van der Waals surface area contributed by atoms with Crippen molar-refractivity contribution >= 4 is 11.8 Å². The molecule has 3 heterocycles. The quantitative estimate of drug-likeness (QED) is 0.881. The molecule has 7 heteroatoms. The second-order valence-electron chi connectivity index (χ2n) is 6.06. The number of furan rings is 1. The highest BCUT2D eigenvalue weighted by molar-refractivity contribution is 5.91. The Morgan fingerprint density at radius 1 is 1.24 bits per heavy atom. The number of carbonyl (C=O) groups excluding carboxylic acids is 2. The van der Waals surface area contributed by atoms with Crippen LogP contribution in [-0.2, 0) is 11.3 Å². The van der Waals surface area contributed by atoms with Gasteiger partial charge in [0, 0.05) is 45.1 Å². The number of carbonyl (C=O) groups is 2. The lowest BCUT2D eigenvalue weighted by Gasteiger charge is -2.37. The number of piperazine rings is 1. The fraction of sp³-hybridized carbons (Fsp3) is 0.389. The van der Waals surface area contributed by atoms with E-state index in [-0.39, 0.29) is 17.9 Å². The Kier molecular flexibility index (Phi) is 5.45. The Morgan fingerprint density at radius 3 is 2.68 bits per heavy atom. The highest BCUT2D eigenvalue weighted by Gasteiger charge is 2.28. The van der Waals surface area contributed by atoms with E-state index >= 15 is 0 Å². The van der Waals surface area contributed by atoms with Crippen LogP contribution >= 0.6 is 0 Å². The summed E-state index contributed by atoms with van der Waals surface area (Å²) < 4.78 is 5.16. The van der Waals surface area contributed by atoms with Gasteiger partial charge in [0.25, 0.3) is 5.91 Å². The number of nitrogens with zero attached hydrogens (tertiary/aromatic N) is 3. The van der Waals surface area contributed by atoms with Crippen LogP contribution in [0.5, 0.6) is 0 Å². The Hall–Kier alpha value is -2.67. The maximum atomic E-state index is 12.3. The van der Waals surface area contributed by atoms with Crippen LogP contribution in [0.15, 0.2) is 47.3 Å². The average molecular weight is 342 g/mol. The van der Waals surface area contributed by atoms with Crippen LogP contribution in [0.25, 0.3) is 0 Å². The van der Waals surface area contributed by atoms with Gasteiger partial charge < -0.3 is 14.6 Å². The van der Waals surface area contributed by atoms with Gasteiger partial charge >= 0.3 is 0 Å². The van der Waals surface area contributed by atoms with E-state index in [1.807, 2.05) is 19.1 Å². The molecule has 1 atom stereocenters. The van der Waals surface area contributed by atoms with E-state index in [0.29, 0.717) is 38.5 Å². The molecular weight excluding hydrogens is 320 g/mol. The summed E-state index contributed by atoms with van der Waals surface area (Å²) in [6.07, 6.45) is 4.94. The van der Waals surface area contributed by atoms with E-state index in [4.69, 9.17) is 4.42 Å². The minimum absolute atomic E-state index is 0.0188. The number of amides is 2. The zero-order chi connectivity index (χ0) is 17.6. The van der Waals surface area contributed by atoms with Crippen molar-refractivity contribution in [3.8, 4) is 0 Å². The Bertz CT molecular complexity index is 694. The van der Waals surface area contributed by atoms with E-state index in [0.717, 1.165) is 5.56 Å². The molecule has 2 aromatic rings. The molecule has 1 aliphatic rings. The van der Waals surface area contributed by atoms with Crippen LogP contribution in [0.1, 0.15) is 23.0 Å². The highest BCUT2D eigenvalue weighted by atomic mass is 16.3. The minimum atomic E-state index is -0.238. The maximum Gasteiger partial charge on any atom is 0.289 e. The van der Waals surface area contributed by atoms with Crippen LogP contribution in [-0.4, -0.2) is 58.8 Å². The van der Waals surface area contributed by atoms with Gasteiger partial charge in [-0.3, -0.25) is 19.5 Å². The van der Waals surface area contributed by atoms with Crippen LogP contribution < -0.4 is 5.32 Å². The van der Waals surface area contributed by atoms with Crippen molar-refractivity contribution in [1.29, 1.82) is 0 Å². The first-order valence-corrected chi connectivity index (χ1v) is 8.38. The molecule has 25 heavy (non-hydrogen) atoms. The Morgan fingerprint density at radius 2 is 2.04 bits per heavy atom. The van der Waals surface area contributed by atoms with Gasteiger partial charge in [-0.2, -0.15) is 0 Å². The summed E-state index contributed by atoms with van der Waals surface area (Å²) in [7, 11) is 0. The number of pyridine rings is 1. The molecule has 0 radical (unpaired) electrons. The van der Waals surface area contributed by atoms with Crippen LogP contribution in [0, 0.1) is 0 Å². The third kappa shape index (κ3) is 4.24. The predicted octanol–water partition coefficient (Wildman–Crippen LogP) is 1.14. The molecule has 2 aromatic heterocycles. The molecule has 2 amide bonds. The van der Waals surface area contributed by atoms with Crippen molar-refractivity contribution in [2.45, 2.75) is 19.5 Å². The molecule has 0 spiro atoms. The number of rotatable bonds is 5. The van der Waals surface area contributed by atoms with Crippen molar-refractivity contribution in [2.24, 2.45) is 0 Å². The van der Waals surface area contributed by atoms with E-state index < -0.39 is 0 Å². The van der Waals surface area contributed by atoms with Crippen LogP contribution in [0.4, 0.5) is 0 Å². The topological polar surface area (TPSA) is 78.7 Å². The van der Waals surface area contributed by atoms with Gasteiger partial charge in [0.2, 0.25) is 5.91 Å². The van der Waals surface area contributed by atoms with Gasteiger partial charge in [0.15, 0.2) is 5.76 Å². The number of aromatic nitrogens is 1. The fourth-order valence-corrected chi connectivity index (χ4v) is 2.87. The lowest BCUT2D eigenvalue weighted by molar-refractivity contribution is -0.126. The first-order valence-electron chi connectivity index (χ1n) is 8.38. The molecule has 1 unspecified atom stereocenters. The fourth-order valence-electron chi connectivity index (χ4n) is 2.87. The van der Waals surface area contributed by atoms with Crippen molar-refractivity contribution in [1.82, 2.24) is 20.1 Å². The van der Waals surface area contributed by atoms with Crippen molar-refractivity contribution in [2.75, 3.05) is 26.2 Å². The largest absolute Gasteiger partial charge is 0.459 e. The molecule has 0 aromatic carbocycles. The lowest BCUT2D eigenvalue weighted by atomic mass is 10.2. The first-order chi connectivity index (χ1) is 12.1. The molecule has 132 valence electrons. The third-order valence-corrected chi connectivity index (χ3v) is 4.45. The molecule has 3 rings (SSSR count). The van der Waals surface area contributed by atoms with E-state index in [1.165, 1.54) is 6.26 Å². The smallest absolute Gasteiger partial charge is 0.289 e. The van der Waals surface area contributed by atoms with Gasteiger partial charge in [-0.1, -0.05) is 6.07 Å². The van der Waals surface area contributed by atoms with Gasteiger partial charge in [-0.25, -0.2) is 0 Å². The monoisotopic (exact) mass is 342 g/mol. The van der Waals surface area contributed by atoms with Gasteiger partial charge in [0.1, 0.15) is 0 Å². The van der Waals surface area contributed by atoms with E-state index in [1.54, 1.807) is 29.4 Å². The van der Waals surface area contributed by atoms with Gasteiger partial charge in [0.05, 0.1) is 12.3 Å². The second-order valence-corrected chi connectivity index (χ2v) is 6.06. The normalized spacial score (nSPS) is 16.4. The maximum absolute atomic E-state index is 12.3. The molecule has 7 nitrogen and oxygen atoms in total. The number of hydrogen-bond acceptors (Lipinski definition) is 5. The average Bonchev–Trinajstić information content (AvgIpc) is 3.20. The Balaban J connectivity index is 1.47. The van der Waals surface area contributed by atoms with E-state index in [2.05, 4.69) is 15.2 Å². The number of hydrogen-bond donors (Lipinski definition) is 1. The van der Waals surface area contributed by atoms with Gasteiger partial charge in [-0.15, -0.1) is 0 Å². The molecule has 0 bridgehead atoms. The highest BCUT2D eigenvalue weighted by Crippen LogP contribution is 2.11. The summed E-state index contributed by atoms with van der Waals surface area (Å²) in [5.74, 6) is 0.240. The summed E-state index contributed by atoms with van der Waals surface area (Å²) in [5.41, 5.74) is 0.969. The molecule has 1 aliphatic heterocycles. The molecule has 1 N–H and O–H groups in total. The minimum Gasteiger partial charge on any atom is -0.459 e. The third-order valence-electron chi connectivity index (χ3n) is 4.45. The standard InChI is InChI=1S/C18H22N4O3/c1-14(17(23)20-13-15-4-2-6-19-12-15)21-7-9-22(10-8-21)18(24)16-5-3-11-25-16/h2-6,11-12,14H,7-10,13H2,1H3,(H,20,23). The van der Waals surface area contributed by atoms with Crippen molar-refractivity contribution < 1.29 is 14.0 Å². The Labute approximate surface area is 146 Å². The zero-order valence-electron chi connectivity index (χ0n) is 14.2. The summed E-state index contributed by atoms with van der Waals surface area (Å²) in [6, 6.07) is 6.91. The van der Waals surface area contributed by atoms with E-state index in [9.17, 15) is 9.59 Å². The molecule has 1 saturated heterocycles. The summed E-state index contributed by atoms with van der Waals surface area (Å²) >= 11 is 0. The summed E-state index contributed by atoms with van der Waals surface area (Å²) in [6.45, 7) is 4.85. The SMILES string of the molecule is CC(C(=O)NCc1cccnc1)N1CCN(C(=O)c2ccco2)CC1. The predicted molar refractivity (Wildman–Crippen MR) is 91.7 cm³/mol. The molecule has 1 fully saturated rings. The zero-order valence-corrected chi connectivity index (χ0v) is 14.2. The molecule has 0 aliphatic carbocycles. The van der Waals surface area contributed by atoms with Crippen molar-refractivity contribution in [3.63, 3.8) is 0 Å². The van der Waals surface area contributed by atoms with Crippen LogP contribution in [0.3, 0.4) is 0 Å². The second kappa shape index (κ2) is 7.94. The molecule has 0 saturated carbocycles. The lowest BCUT2D eigenvalue weighted by Crippen LogP contribution is -2.54. The first kappa shape index (κ1) is 17.2. The molecular formula is C18H22N4O3. The van der Waals surface area contributed by atoms with Crippen molar-refractivity contribution in [3.05, 3.63) is 54.2 Å². The van der Waals surface area contributed by atoms with Crippen LogP contribution in [0.2, 0.25) is 0 Å². The summed E-state index contributed by atoms with van der Waals surface area (Å²) in [4.78, 5) is 32.5. The number of nitrogens with one attached hydrogen (secondary N) is 1.